The highest BCUT2D eigenvalue weighted by Crippen LogP contribution is 2.40. The summed E-state index contributed by atoms with van der Waals surface area (Å²) in [7, 11) is 2.14. The lowest BCUT2D eigenvalue weighted by Gasteiger charge is -2.00. The second kappa shape index (κ2) is 4.76. The Morgan fingerprint density at radius 2 is 1.32 bits per heavy atom. The first-order chi connectivity index (χ1) is 13.8. The molecule has 4 aromatic carbocycles. The predicted octanol–water partition coefficient (Wildman–Crippen LogP) is 6.87. The topological polar surface area (TPSA) is 33.9 Å². The molecule has 3 nitrogen and oxygen atoms in total. The summed E-state index contributed by atoms with van der Waals surface area (Å²) in [4.78, 5) is 3.65. The van der Waals surface area contributed by atoms with Gasteiger partial charge in [-0.1, -0.05) is 54.6 Å². The zero-order chi connectivity index (χ0) is 18.4. The van der Waals surface area contributed by atoms with Crippen LogP contribution in [0.15, 0.2) is 77.2 Å². The highest BCUT2D eigenvalue weighted by Gasteiger charge is 2.18. The summed E-state index contributed by atoms with van der Waals surface area (Å²) in [5, 5.41) is 7.33. The van der Waals surface area contributed by atoms with E-state index in [2.05, 4.69) is 77.3 Å². The summed E-state index contributed by atoms with van der Waals surface area (Å²) in [6, 6.07) is 25.7. The number of H-pyrrole nitrogens is 1. The molecule has 7 aromatic rings. The SMILES string of the molecule is Cn1c2c(ccc3c4ccccc4[nH]c32)c2ccc3c4ccccc4oc3c21. The highest BCUT2D eigenvalue weighted by molar-refractivity contribution is 6.26. The fourth-order valence-electron chi connectivity index (χ4n) is 4.91. The number of fused-ring (bicyclic) bond motifs is 11. The molecule has 0 bridgehead atoms. The minimum absolute atomic E-state index is 0.936. The molecule has 0 spiro atoms. The first-order valence-electron chi connectivity index (χ1n) is 9.53. The Kier molecular flexibility index (Phi) is 2.44. The molecule has 0 aliphatic carbocycles. The Bertz CT molecular complexity index is 1600. The maximum Gasteiger partial charge on any atom is 0.159 e. The number of nitrogens with one attached hydrogen (secondary N) is 1. The molecule has 3 aromatic heterocycles. The number of nitrogens with zero attached hydrogens (tertiary/aromatic N) is 1. The monoisotopic (exact) mass is 360 g/mol. The molecule has 0 amide bonds. The third-order valence-corrected chi connectivity index (χ3v) is 6.14. The third-order valence-electron chi connectivity index (χ3n) is 6.14. The highest BCUT2D eigenvalue weighted by atomic mass is 16.3. The molecule has 132 valence electrons. The van der Waals surface area contributed by atoms with Crippen LogP contribution in [0, 0.1) is 0 Å². The van der Waals surface area contributed by atoms with Gasteiger partial charge in [0, 0.05) is 44.9 Å². The lowest BCUT2D eigenvalue weighted by atomic mass is 10.1. The molecular weight excluding hydrogens is 344 g/mol. The minimum Gasteiger partial charge on any atom is -0.454 e. The normalized spacial score (nSPS) is 12.5. The number of aryl methyl sites for hydroxylation is 1. The molecule has 28 heavy (non-hydrogen) atoms. The van der Waals surface area contributed by atoms with E-state index in [0.29, 0.717) is 0 Å². The third kappa shape index (κ3) is 1.57. The number of rotatable bonds is 0. The number of aromatic amines is 1. The maximum atomic E-state index is 6.32. The van der Waals surface area contributed by atoms with E-state index in [0.717, 1.165) is 16.7 Å². The van der Waals surface area contributed by atoms with E-state index in [1.807, 2.05) is 12.1 Å². The van der Waals surface area contributed by atoms with Crippen LogP contribution in [0.2, 0.25) is 0 Å². The van der Waals surface area contributed by atoms with Gasteiger partial charge in [-0.05, 0) is 18.2 Å². The number of benzene rings is 4. The largest absolute Gasteiger partial charge is 0.454 e. The van der Waals surface area contributed by atoms with Gasteiger partial charge in [0.05, 0.1) is 16.6 Å². The second-order valence-electron chi connectivity index (χ2n) is 7.55. The van der Waals surface area contributed by atoms with Crippen molar-refractivity contribution in [3.05, 3.63) is 72.8 Å². The smallest absolute Gasteiger partial charge is 0.159 e. The summed E-state index contributed by atoms with van der Waals surface area (Å²) < 4.78 is 8.60. The Morgan fingerprint density at radius 3 is 2.21 bits per heavy atom. The van der Waals surface area contributed by atoms with Crippen LogP contribution in [0.4, 0.5) is 0 Å². The van der Waals surface area contributed by atoms with E-state index >= 15 is 0 Å². The van der Waals surface area contributed by atoms with Crippen molar-refractivity contribution in [3.63, 3.8) is 0 Å². The molecule has 0 fully saturated rings. The van der Waals surface area contributed by atoms with Gasteiger partial charge in [-0.25, -0.2) is 0 Å². The molecular formula is C25H16N2O. The summed E-state index contributed by atoms with van der Waals surface area (Å²) >= 11 is 0. The van der Waals surface area contributed by atoms with Crippen molar-refractivity contribution >= 4 is 65.6 Å². The van der Waals surface area contributed by atoms with Gasteiger partial charge in [-0.15, -0.1) is 0 Å². The number of para-hydroxylation sites is 2. The molecule has 3 heterocycles. The van der Waals surface area contributed by atoms with Crippen molar-refractivity contribution in [2.45, 2.75) is 0 Å². The van der Waals surface area contributed by atoms with Crippen molar-refractivity contribution in [1.82, 2.24) is 9.55 Å². The predicted molar refractivity (Wildman–Crippen MR) is 117 cm³/mol. The standard InChI is InChI=1S/C25H16N2O/c1-27-23-17(11-10-16-14-6-2-4-8-20(14)26-22(16)23)18-12-13-19-15-7-3-5-9-21(15)28-25(19)24(18)27/h2-13,26H,1H3. The van der Waals surface area contributed by atoms with Gasteiger partial charge in [0.25, 0.3) is 0 Å². The van der Waals surface area contributed by atoms with E-state index in [1.54, 1.807) is 0 Å². The molecule has 0 aliphatic heterocycles. The Hall–Kier alpha value is -3.72. The molecule has 0 aliphatic rings. The van der Waals surface area contributed by atoms with E-state index in [-0.39, 0.29) is 0 Å². The van der Waals surface area contributed by atoms with E-state index < -0.39 is 0 Å². The van der Waals surface area contributed by atoms with Crippen LogP contribution in [0.1, 0.15) is 0 Å². The molecule has 0 atom stereocenters. The van der Waals surface area contributed by atoms with Crippen LogP contribution in [-0.2, 0) is 7.05 Å². The van der Waals surface area contributed by atoms with Gasteiger partial charge in [0.1, 0.15) is 5.58 Å². The Labute approximate surface area is 159 Å². The number of furan rings is 1. The fourth-order valence-corrected chi connectivity index (χ4v) is 4.91. The van der Waals surface area contributed by atoms with Crippen LogP contribution in [0.25, 0.3) is 65.6 Å². The molecule has 0 saturated carbocycles. The van der Waals surface area contributed by atoms with E-state index in [4.69, 9.17) is 4.42 Å². The molecule has 0 radical (unpaired) electrons. The number of hydrogen-bond acceptors (Lipinski definition) is 1. The summed E-state index contributed by atoms with van der Waals surface area (Å²) in [6.45, 7) is 0. The average molecular weight is 360 g/mol. The molecule has 0 unspecified atom stereocenters. The van der Waals surface area contributed by atoms with Crippen LogP contribution in [0.3, 0.4) is 0 Å². The summed E-state index contributed by atoms with van der Waals surface area (Å²) in [6.07, 6.45) is 0. The van der Waals surface area contributed by atoms with Crippen molar-refractivity contribution < 1.29 is 4.42 Å². The Balaban J connectivity index is 1.76. The molecule has 0 saturated heterocycles. The second-order valence-corrected chi connectivity index (χ2v) is 7.55. The van der Waals surface area contributed by atoms with Crippen molar-refractivity contribution in [2.24, 2.45) is 7.05 Å². The fraction of sp³-hybridized carbons (Fsp3) is 0.0400. The van der Waals surface area contributed by atoms with Gasteiger partial charge < -0.3 is 14.0 Å². The number of hydrogen-bond donors (Lipinski definition) is 1. The van der Waals surface area contributed by atoms with E-state index in [1.165, 1.54) is 48.9 Å². The van der Waals surface area contributed by atoms with Crippen LogP contribution >= 0.6 is 0 Å². The van der Waals surface area contributed by atoms with Gasteiger partial charge in [-0.2, -0.15) is 0 Å². The number of aromatic nitrogens is 2. The lowest BCUT2D eigenvalue weighted by molar-refractivity contribution is 0.670. The quantitative estimate of drug-likeness (QED) is 0.315. The molecule has 1 N–H and O–H groups in total. The van der Waals surface area contributed by atoms with Crippen LogP contribution in [0.5, 0.6) is 0 Å². The van der Waals surface area contributed by atoms with Crippen molar-refractivity contribution in [1.29, 1.82) is 0 Å². The first kappa shape index (κ1) is 14.4. The van der Waals surface area contributed by atoms with Crippen LogP contribution < -0.4 is 0 Å². The van der Waals surface area contributed by atoms with Crippen molar-refractivity contribution in [3.8, 4) is 0 Å². The summed E-state index contributed by atoms with van der Waals surface area (Å²) in [5.41, 5.74) is 6.62. The average Bonchev–Trinajstić information content (AvgIpc) is 3.37. The zero-order valence-corrected chi connectivity index (χ0v) is 15.3. The van der Waals surface area contributed by atoms with Gasteiger partial charge in [-0.3, -0.25) is 0 Å². The van der Waals surface area contributed by atoms with Gasteiger partial charge in [0.15, 0.2) is 5.58 Å². The minimum atomic E-state index is 0.936. The van der Waals surface area contributed by atoms with Gasteiger partial charge in [0.2, 0.25) is 0 Å². The zero-order valence-electron chi connectivity index (χ0n) is 15.3. The molecule has 7 rings (SSSR count). The van der Waals surface area contributed by atoms with Crippen LogP contribution in [-0.4, -0.2) is 9.55 Å². The lowest BCUT2D eigenvalue weighted by Crippen LogP contribution is -1.88. The van der Waals surface area contributed by atoms with Crippen molar-refractivity contribution in [2.75, 3.05) is 0 Å². The Morgan fingerprint density at radius 1 is 0.643 bits per heavy atom. The summed E-state index contributed by atoms with van der Waals surface area (Å²) in [5.74, 6) is 0. The maximum absolute atomic E-state index is 6.32. The molecule has 3 heteroatoms. The van der Waals surface area contributed by atoms with Gasteiger partial charge >= 0.3 is 0 Å². The van der Waals surface area contributed by atoms with E-state index in [9.17, 15) is 0 Å². The first-order valence-corrected chi connectivity index (χ1v) is 9.53.